The van der Waals surface area contributed by atoms with Gasteiger partial charge in [0.15, 0.2) is 5.16 Å². The van der Waals surface area contributed by atoms with E-state index in [9.17, 15) is 4.79 Å². The summed E-state index contributed by atoms with van der Waals surface area (Å²) >= 11 is 1.46. The molecule has 3 aromatic rings. The van der Waals surface area contributed by atoms with Crippen LogP contribution in [0.25, 0.3) is 5.69 Å². The van der Waals surface area contributed by atoms with Crippen LogP contribution in [0.1, 0.15) is 30.8 Å². The van der Waals surface area contributed by atoms with Crippen molar-refractivity contribution in [3.8, 4) is 5.69 Å². The first-order valence-corrected chi connectivity index (χ1v) is 10.4. The summed E-state index contributed by atoms with van der Waals surface area (Å²) in [7, 11) is 0. The molecule has 0 saturated carbocycles. The number of aromatic nitrogens is 3. The Bertz CT molecular complexity index is 1030. The fraction of sp³-hybridized carbons (Fsp3) is 0.318. The van der Waals surface area contributed by atoms with E-state index >= 15 is 0 Å². The van der Waals surface area contributed by atoms with Gasteiger partial charge in [-0.2, -0.15) is 0 Å². The van der Waals surface area contributed by atoms with Crippen molar-refractivity contribution in [2.24, 2.45) is 0 Å². The highest BCUT2D eigenvalue weighted by molar-refractivity contribution is 8.00. The standard InChI is InChI=1S/C22H24N4OS/c1-14-9-5-7-11-19(14)26-17(4)23-24-22(26)28-16(3)21(27)25-15(2)13-18-10-6-8-12-20(18)25/h5-12,15-16H,13H2,1-4H3. The van der Waals surface area contributed by atoms with Crippen LogP contribution < -0.4 is 4.90 Å². The van der Waals surface area contributed by atoms with Crippen molar-refractivity contribution in [3.05, 3.63) is 65.5 Å². The van der Waals surface area contributed by atoms with Gasteiger partial charge in [0.05, 0.1) is 10.9 Å². The summed E-state index contributed by atoms with van der Waals surface area (Å²) in [6.07, 6.45) is 0.901. The van der Waals surface area contributed by atoms with Gasteiger partial charge in [0.2, 0.25) is 5.91 Å². The highest BCUT2D eigenvalue weighted by Crippen LogP contribution is 2.35. The number of nitrogens with zero attached hydrogens (tertiary/aromatic N) is 4. The maximum atomic E-state index is 13.3. The van der Waals surface area contributed by atoms with Crippen molar-refractivity contribution in [2.75, 3.05) is 4.90 Å². The van der Waals surface area contributed by atoms with E-state index in [0.717, 1.165) is 34.3 Å². The number of aryl methyl sites for hydroxylation is 2. The van der Waals surface area contributed by atoms with Crippen LogP contribution in [0.2, 0.25) is 0 Å². The third kappa shape index (κ3) is 3.22. The molecule has 0 radical (unpaired) electrons. The number of thioether (sulfide) groups is 1. The molecule has 2 heterocycles. The molecule has 5 nitrogen and oxygen atoms in total. The van der Waals surface area contributed by atoms with E-state index in [1.807, 2.05) is 53.6 Å². The molecule has 28 heavy (non-hydrogen) atoms. The van der Waals surface area contributed by atoms with Crippen LogP contribution in [-0.2, 0) is 11.2 Å². The lowest BCUT2D eigenvalue weighted by Gasteiger charge is -2.25. The average molecular weight is 393 g/mol. The van der Waals surface area contributed by atoms with E-state index in [2.05, 4.69) is 42.2 Å². The minimum absolute atomic E-state index is 0.111. The number of carbonyl (C=O) groups is 1. The van der Waals surface area contributed by atoms with E-state index < -0.39 is 0 Å². The van der Waals surface area contributed by atoms with Crippen LogP contribution >= 0.6 is 11.8 Å². The number of benzene rings is 2. The van der Waals surface area contributed by atoms with Gasteiger partial charge >= 0.3 is 0 Å². The van der Waals surface area contributed by atoms with Gasteiger partial charge in [-0.1, -0.05) is 48.2 Å². The van der Waals surface area contributed by atoms with Crippen molar-refractivity contribution >= 4 is 23.4 Å². The minimum atomic E-state index is -0.264. The largest absolute Gasteiger partial charge is 0.308 e. The summed E-state index contributed by atoms with van der Waals surface area (Å²) in [5, 5.41) is 9.09. The number of rotatable bonds is 4. The van der Waals surface area contributed by atoms with E-state index in [0.29, 0.717) is 0 Å². The predicted molar refractivity (Wildman–Crippen MR) is 113 cm³/mol. The average Bonchev–Trinajstić information content (AvgIpc) is 3.20. The Kier molecular flexibility index (Phi) is 4.98. The molecule has 144 valence electrons. The van der Waals surface area contributed by atoms with Crippen molar-refractivity contribution in [1.29, 1.82) is 0 Å². The second-order valence-electron chi connectivity index (χ2n) is 7.30. The van der Waals surface area contributed by atoms with Crippen LogP contribution in [0.3, 0.4) is 0 Å². The van der Waals surface area contributed by atoms with Gasteiger partial charge in [-0.05, 0) is 57.4 Å². The number of fused-ring (bicyclic) bond motifs is 1. The van der Waals surface area contributed by atoms with Crippen molar-refractivity contribution < 1.29 is 4.79 Å². The number of hydrogen-bond acceptors (Lipinski definition) is 4. The second-order valence-corrected chi connectivity index (χ2v) is 8.61. The fourth-order valence-electron chi connectivity index (χ4n) is 3.82. The Morgan fingerprint density at radius 3 is 2.50 bits per heavy atom. The van der Waals surface area contributed by atoms with Crippen molar-refractivity contribution in [2.45, 2.75) is 50.6 Å². The lowest BCUT2D eigenvalue weighted by molar-refractivity contribution is -0.118. The Morgan fingerprint density at radius 1 is 1.07 bits per heavy atom. The van der Waals surface area contributed by atoms with Crippen molar-refractivity contribution in [3.63, 3.8) is 0 Å². The SMILES string of the molecule is Cc1ccccc1-n1c(C)nnc1SC(C)C(=O)N1c2ccccc2CC1C. The topological polar surface area (TPSA) is 51.0 Å². The summed E-state index contributed by atoms with van der Waals surface area (Å²) in [6, 6.07) is 16.5. The van der Waals surface area contributed by atoms with E-state index in [1.54, 1.807) is 0 Å². The lowest BCUT2D eigenvalue weighted by atomic mass is 10.1. The molecule has 2 atom stereocenters. The number of hydrogen-bond donors (Lipinski definition) is 0. The minimum Gasteiger partial charge on any atom is -0.308 e. The van der Waals surface area contributed by atoms with Crippen LogP contribution in [-0.4, -0.2) is 32.0 Å². The summed E-state index contributed by atoms with van der Waals surface area (Å²) in [5.74, 6) is 0.927. The van der Waals surface area contributed by atoms with Gasteiger partial charge in [-0.25, -0.2) is 0 Å². The maximum absolute atomic E-state index is 13.3. The molecule has 0 bridgehead atoms. The molecular weight excluding hydrogens is 368 g/mol. The zero-order chi connectivity index (χ0) is 19.8. The molecule has 2 unspecified atom stereocenters. The molecule has 0 N–H and O–H groups in total. The highest BCUT2D eigenvalue weighted by Gasteiger charge is 2.34. The van der Waals surface area contributed by atoms with Crippen LogP contribution in [0.15, 0.2) is 53.7 Å². The van der Waals surface area contributed by atoms with Crippen LogP contribution in [0.4, 0.5) is 5.69 Å². The van der Waals surface area contributed by atoms with Gasteiger partial charge in [0, 0.05) is 11.7 Å². The maximum Gasteiger partial charge on any atom is 0.240 e. The van der Waals surface area contributed by atoms with Gasteiger partial charge in [0.25, 0.3) is 0 Å². The third-order valence-electron chi connectivity index (χ3n) is 5.23. The van der Waals surface area contributed by atoms with Crippen LogP contribution in [0, 0.1) is 13.8 Å². The number of anilines is 1. The zero-order valence-electron chi connectivity index (χ0n) is 16.6. The predicted octanol–water partition coefficient (Wildman–Crippen LogP) is 4.34. The Balaban J connectivity index is 1.61. The first kappa shape index (κ1) is 18.7. The molecule has 1 amide bonds. The van der Waals surface area contributed by atoms with Gasteiger partial charge in [-0.3, -0.25) is 9.36 Å². The number of para-hydroxylation sites is 2. The first-order valence-electron chi connectivity index (χ1n) is 9.53. The summed E-state index contributed by atoms with van der Waals surface area (Å²) in [4.78, 5) is 15.2. The fourth-order valence-corrected chi connectivity index (χ4v) is 4.77. The molecule has 1 aliphatic rings. The quantitative estimate of drug-likeness (QED) is 0.620. The molecule has 1 aliphatic heterocycles. The Hall–Kier alpha value is -2.60. The molecule has 6 heteroatoms. The lowest BCUT2D eigenvalue weighted by Crippen LogP contribution is -2.40. The molecule has 0 aliphatic carbocycles. The van der Waals surface area contributed by atoms with Gasteiger partial charge < -0.3 is 4.90 Å². The summed E-state index contributed by atoms with van der Waals surface area (Å²) in [5.41, 5.74) is 4.46. The van der Waals surface area contributed by atoms with Gasteiger partial charge in [0.1, 0.15) is 5.82 Å². The number of carbonyl (C=O) groups excluding carboxylic acids is 1. The Morgan fingerprint density at radius 2 is 1.75 bits per heavy atom. The number of amides is 1. The molecule has 0 spiro atoms. The Labute approximate surface area is 169 Å². The molecule has 0 fully saturated rings. The van der Waals surface area contributed by atoms with E-state index in [-0.39, 0.29) is 17.2 Å². The molecule has 0 saturated heterocycles. The molecule has 2 aromatic carbocycles. The third-order valence-corrected chi connectivity index (χ3v) is 6.26. The smallest absolute Gasteiger partial charge is 0.240 e. The normalized spacial score (nSPS) is 16.9. The monoisotopic (exact) mass is 392 g/mol. The summed E-state index contributed by atoms with van der Waals surface area (Å²) in [6.45, 7) is 8.07. The van der Waals surface area contributed by atoms with Crippen LogP contribution in [0.5, 0.6) is 0 Å². The van der Waals surface area contributed by atoms with Crippen molar-refractivity contribution in [1.82, 2.24) is 14.8 Å². The van der Waals surface area contributed by atoms with E-state index in [1.165, 1.54) is 17.3 Å². The highest BCUT2D eigenvalue weighted by atomic mass is 32.2. The zero-order valence-corrected chi connectivity index (χ0v) is 17.4. The first-order chi connectivity index (χ1) is 13.5. The molecule has 4 rings (SSSR count). The molecule has 1 aromatic heterocycles. The van der Waals surface area contributed by atoms with E-state index in [4.69, 9.17) is 0 Å². The van der Waals surface area contributed by atoms with Gasteiger partial charge in [-0.15, -0.1) is 10.2 Å². The second kappa shape index (κ2) is 7.43. The summed E-state index contributed by atoms with van der Waals surface area (Å²) < 4.78 is 2.03. The molecular formula is C22H24N4OS.